The van der Waals surface area contributed by atoms with E-state index < -0.39 is 0 Å². The van der Waals surface area contributed by atoms with Gasteiger partial charge in [0.1, 0.15) is 0 Å². The van der Waals surface area contributed by atoms with Crippen molar-refractivity contribution < 1.29 is 5.11 Å². The smallest absolute Gasteiger partial charge is 0.0835 e. The highest BCUT2D eigenvalue weighted by molar-refractivity contribution is 5.21. The van der Waals surface area contributed by atoms with E-state index >= 15 is 0 Å². The second-order valence-corrected chi connectivity index (χ2v) is 5.74. The van der Waals surface area contributed by atoms with E-state index in [2.05, 4.69) is 19.0 Å². The van der Waals surface area contributed by atoms with E-state index in [9.17, 15) is 5.11 Å². The molecular formula is C11H19NO. The van der Waals surface area contributed by atoms with Gasteiger partial charge in [0.25, 0.3) is 0 Å². The molecular weight excluding hydrogens is 162 g/mol. The molecule has 4 fully saturated rings. The van der Waals surface area contributed by atoms with Crippen LogP contribution in [-0.4, -0.2) is 35.2 Å². The third kappa shape index (κ3) is 0.774. The molecule has 0 spiro atoms. The maximum Gasteiger partial charge on any atom is 0.0835 e. The Morgan fingerprint density at radius 2 is 1.62 bits per heavy atom. The summed E-state index contributed by atoms with van der Waals surface area (Å²) < 4.78 is 0. The molecule has 13 heavy (non-hydrogen) atoms. The fourth-order valence-corrected chi connectivity index (χ4v) is 4.57. The van der Waals surface area contributed by atoms with Crippen molar-refractivity contribution in [2.75, 3.05) is 14.1 Å². The van der Waals surface area contributed by atoms with E-state index in [0.29, 0.717) is 0 Å². The number of likely N-dealkylation sites (N-methyl/N-ethyl adjacent to an activating group) is 1. The predicted octanol–water partition coefficient (Wildman–Crippen LogP) is 1.24. The van der Waals surface area contributed by atoms with Crippen molar-refractivity contribution in [3.63, 3.8) is 0 Å². The summed E-state index contributed by atoms with van der Waals surface area (Å²) in [6.07, 6.45) is 6.02. The van der Waals surface area contributed by atoms with Gasteiger partial charge in [-0.1, -0.05) is 0 Å². The van der Waals surface area contributed by atoms with E-state index in [1.807, 2.05) is 0 Å². The van der Waals surface area contributed by atoms with Crippen molar-refractivity contribution in [2.24, 2.45) is 11.8 Å². The van der Waals surface area contributed by atoms with Gasteiger partial charge in [-0.15, -0.1) is 0 Å². The largest absolute Gasteiger partial charge is 0.388 e. The molecule has 0 radical (unpaired) electrons. The molecule has 0 aromatic heterocycles. The Morgan fingerprint density at radius 1 is 1.08 bits per heavy atom. The van der Waals surface area contributed by atoms with E-state index in [1.54, 1.807) is 0 Å². The summed E-state index contributed by atoms with van der Waals surface area (Å²) in [6, 6.07) is 0. The highest BCUT2D eigenvalue weighted by Crippen LogP contribution is 2.64. The Morgan fingerprint density at radius 3 is 2.00 bits per heavy atom. The summed E-state index contributed by atoms with van der Waals surface area (Å²) in [5.41, 5.74) is -0.176. The van der Waals surface area contributed by atoms with Crippen molar-refractivity contribution in [1.82, 2.24) is 4.90 Å². The summed E-state index contributed by atoms with van der Waals surface area (Å²) in [5.74, 6) is 1.64. The zero-order valence-corrected chi connectivity index (χ0v) is 8.58. The maximum absolute atomic E-state index is 10.6. The van der Waals surface area contributed by atoms with Crippen LogP contribution >= 0.6 is 0 Å². The lowest BCUT2D eigenvalue weighted by Crippen LogP contribution is -2.55. The third-order valence-corrected chi connectivity index (χ3v) is 4.89. The zero-order chi connectivity index (χ0) is 9.27. The van der Waals surface area contributed by atoms with Gasteiger partial charge in [0, 0.05) is 5.54 Å². The van der Waals surface area contributed by atoms with Gasteiger partial charge in [0.2, 0.25) is 0 Å². The first kappa shape index (κ1) is 8.25. The van der Waals surface area contributed by atoms with Crippen LogP contribution in [0.5, 0.6) is 0 Å². The van der Waals surface area contributed by atoms with Crippen LogP contribution < -0.4 is 0 Å². The fourth-order valence-electron chi connectivity index (χ4n) is 4.57. The minimum atomic E-state index is -0.329. The molecule has 1 N–H and O–H groups in total. The molecule has 2 nitrogen and oxygen atoms in total. The Balaban J connectivity index is 2.06. The Hall–Kier alpha value is -0.0800. The van der Waals surface area contributed by atoms with Gasteiger partial charge >= 0.3 is 0 Å². The van der Waals surface area contributed by atoms with Gasteiger partial charge in [-0.05, 0) is 58.0 Å². The van der Waals surface area contributed by atoms with Crippen molar-refractivity contribution >= 4 is 0 Å². The zero-order valence-electron chi connectivity index (χ0n) is 8.58. The average molecular weight is 181 g/mol. The summed E-state index contributed by atoms with van der Waals surface area (Å²) in [4.78, 5) is 2.30. The molecule has 4 saturated carbocycles. The van der Waals surface area contributed by atoms with Crippen LogP contribution in [0.1, 0.15) is 32.1 Å². The topological polar surface area (TPSA) is 23.5 Å². The number of aliphatic hydroxyl groups is 1. The molecule has 2 heteroatoms. The lowest BCUT2D eigenvalue weighted by molar-refractivity contribution is -0.0552. The Bertz CT molecular complexity index is 234. The molecule has 0 amide bonds. The van der Waals surface area contributed by atoms with Crippen molar-refractivity contribution in [1.29, 1.82) is 0 Å². The van der Waals surface area contributed by atoms with E-state index in [4.69, 9.17) is 0 Å². The molecule has 4 atom stereocenters. The van der Waals surface area contributed by atoms with Gasteiger partial charge < -0.3 is 10.0 Å². The molecule has 4 rings (SSSR count). The quantitative estimate of drug-likeness (QED) is 0.658. The summed E-state index contributed by atoms with van der Waals surface area (Å²) in [5, 5.41) is 10.6. The molecule has 4 aliphatic carbocycles. The fraction of sp³-hybridized carbons (Fsp3) is 1.00. The van der Waals surface area contributed by atoms with E-state index in [1.165, 1.54) is 19.3 Å². The van der Waals surface area contributed by atoms with Crippen LogP contribution in [0.15, 0.2) is 0 Å². The van der Waals surface area contributed by atoms with Crippen LogP contribution in [0.25, 0.3) is 0 Å². The highest BCUT2D eigenvalue weighted by Gasteiger charge is 2.67. The van der Waals surface area contributed by atoms with Crippen LogP contribution in [0.4, 0.5) is 0 Å². The summed E-state index contributed by atoms with van der Waals surface area (Å²) >= 11 is 0. The average Bonchev–Trinajstić information content (AvgIpc) is 2.30. The van der Waals surface area contributed by atoms with E-state index in [0.717, 1.165) is 24.7 Å². The van der Waals surface area contributed by atoms with Crippen LogP contribution in [0, 0.1) is 11.8 Å². The highest BCUT2D eigenvalue weighted by atomic mass is 16.3. The first-order chi connectivity index (χ1) is 6.06. The number of hydrogen-bond acceptors (Lipinski definition) is 2. The maximum atomic E-state index is 10.6. The molecule has 0 saturated heterocycles. The van der Waals surface area contributed by atoms with Gasteiger partial charge in [0.05, 0.1) is 5.60 Å². The molecule has 74 valence electrons. The first-order valence-electron chi connectivity index (χ1n) is 5.46. The molecule has 4 bridgehead atoms. The number of hydrogen-bond donors (Lipinski definition) is 1. The predicted molar refractivity (Wildman–Crippen MR) is 51.4 cm³/mol. The Kier molecular flexibility index (Phi) is 1.34. The second kappa shape index (κ2) is 2.12. The standard InChI is InChI=1S/C11H19NO/c1-12(2)10-4-8-3-9(5-10)7-11(10,13)6-8/h8-9,13H,3-7H2,1-2H3/t8-,9+,10?,11?. The summed E-state index contributed by atoms with van der Waals surface area (Å²) in [6.45, 7) is 0. The molecule has 0 aromatic rings. The van der Waals surface area contributed by atoms with Gasteiger partial charge in [0.15, 0.2) is 0 Å². The second-order valence-electron chi connectivity index (χ2n) is 5.74. The van der Waals surface area contributed by atoms with Crippen LogP contribution in [0.3, 0.4) is 0 Å². The lowest BCUT2D eigenvalue weighted by Gasteiger charge is -2.42. The van der Waals surface area contributed by atoms with Crippen LogP contribution in [0.2, 0.25) is 0 Å². The van der Waals surface area contributed by atoms with Gasteiger partial charge in [-0.2, -0.15) is 0 Å². The number of nitrogens with zero attached hydrogens (tertiary/aromatic N) is 1. The Labute approximate surface area is 79.9 Å². The lowest BCUT2D eigenvalue weighted by atomic mass is 9.80. The monoisotopic (exact) mass is 181 g/mol. The SMILES string of the molecule is CN(C)C12C[C@@H]3C[C@@H](CC1(O)C3)C2. The van der Waals surface area contributed by atoms with Gasteiger partial charge in [-0.25, -0.2) is 0 Å². The molecule has 0 aromatic carbocycles. The molecule has 0 aliphatic heterocycles. The molecule has 0 heterocycles. The summed E-state index contributed by atoms with van der Waals surface area (Å²) in [7, 11) is 4.28. The van der Waals surface area contributed by atoms with Crippen molar-refractivity contribution in [3.05, 3.63) is 0 Å². The van der Waals surface area contributed by atoms with Gasteiger partial charge in [-0.3, -0.25) is 0 Å². The minimum absolute atomic E-state index is 0.153. The molecule has 2 unspecified atom stereocenters. The van der Waals surface area contributed by atoms with Crippen molar-refractivity contribution in [2.45, 2.75) is 43.2 Å². The first-order valence-corrected chi connectivity index (χ1v) is 5.46. The normalized spacial score (nSPS) is 58.2. The van der Waals surface area contributed by atoms with E-state index in [-0.39, 0.29) is 11.1 Å². The molecule has 4 aliphatic rings. The minimum Gasteiger partial charge on any atom is -0.388 e. The van der Waals surface area contributed by atoms with Crippen LogP contribution in [-0.2, 0) is 0 Å². The van der Waals surface area contributed by atoms with Crippen molar-refractivity contribution in [3.8, 4) is 0 Å². The number of rotatable bonds is 1. The third-order valence-electron chi connectivity index (χ3n) is 4.89.